The number of likely N-dealkylation sites (N-methyl/N-ethyl adjacent to an activating group) is 1. The van der Waals surface area contributed by atoms with E-state index in [9.17, 15) is 14.4 Å². The molecule has 8 heteroatoms. The van der Waals surface area contributed by atoms with Gasteiger partial charge < -0.3 is 20.9 Å². The highest BCUT2D eigenvalue weighted by Gasteiger charge is 2.42. The van der Waals surface area contributed by atoms with E-state index in [-0.39, 0.29) is 6.54 Å². The lowest BCUT2D eigenvalue weighted by Gasteiger charge is -2.33. The zero-order chi connectivity index (χ0) is 24.5. The lowest BCUT2D eigenvalue weighted by Crippen LogP contribution is -2.54. The Labute approximate surface area is 202 Å². The summed E-state index contributed by atoms with van der Waals surface area (Å²) in [7, 11) is 1.87. The number of aromatic amines is 1. The lowest BCUT2D eigenvalue weighted by atomic mass is 9.96. The molecule has 3 aromatic carbocycles. The molecule has 0 unspecified atom stereocenters. The molecule has 0 radical (unpaired) electrons. The molecule has 1 aliphatic rings. The number of primary amides is 1. The number of nitrogens with two attached hydrogens (primary N) is 1. The minimum atomic E-state index is -0.993. The second-order valence-corrected chi connectivity index (χ2v) is 8.57. The van der Waals surface area contributed by atoms with Gasteiger partial charge in [-0.25, -0.2) is 0 Å². The Morgan fingerprint density at radius 1 is 0.943 bits per heavy atom. The Bertz CT molecular complexity index is 1380. The minimum Gasteiger partial charge on any atom is -0.368 e. The first-order valence-electron chi connectivity index (χ1n) is 11.3. The zero-order valence-corrected chi connectivity index (χ0v) is 19.1. The number of nitrogens with zero attached hydrogens (tertiary/aromatic N) is 2. The molecule has 0 saturated carbocycles. The van der Waals surface area contributed by atoms with Crippen LogP contribution >= 0.6 is 0 Å². The molecule has 1 aliphatic heterocycles. The number of fused-ring (bicyclic) bond motifs is 2. The largest absolute Gasteiger partial charge is 0.368 e. The van der Waals surface area contributed by atoms with Crippen molar-refractivity contribution < 1.29 is 14.4 Å². The molecule has 0 aliphatic carbocycles. The average Bonchev–Trinajstić information content (AvgIpc) is 3.28. The summed E-state index contributed by atoms with van der Waals surface area (Å²) < 4.78 is 0. The Morgan fingerprint density at radius 2 is 1.60 bits per heavy atom. The Balaban J connectivity index is 1.61. The number of hydrogen-bond donors (Lipinski definition) is 3. The van der Waals surface area contributed by atoms with E-state index in [1.807, 2.05) is 78.7 Å². The van der Waals surface area contributed by atoms with Gasteiger partial charge in [-0.15, -0.1) is 0 Å². The highest BCUT2D eigenvalue weighted by molar-refractivity contribution is 6.08. The number of hydrogen-bond acceptors (Lipinski definition) is 4. The van der Waals surface area contributed by atoms with Crippen LogP contribution in [0, 0.1) is 0 Å². The molecule has 4 N–H and O–H groups in total. The molecule has 2 heterocycles. The molecule has 5 rings (SSSR count). The van der Waals surface area contributed by atoms with Crippen LogP contribution in [0.25, 0.3) is 10.9 Å². The maximum Gasteiger partial charge on any atom is 0.268 e. The standard InChI is InChI=1S/C27H25N5O3/c1-31-21-13-7-8-14-22(21)32(16-23(28)33)27(35)24(25(31)17-9-3-2-4-10-17)30-26(34)20-15-18-11-5-6-12-19(18)29-20/h2-15,24-25,29H,16H2,1H3,(H2,28,33)(H,30,34)/t24-,25+/m0/s1. The molecule has 8 nitrogen and oxygen atoms in total. The van der Waals surface area contributed by atoms with Crippen LogP contribution in [0.1, 0.15) is 22.1 Å². The number of H-pyrrole nitrogens is 1. The fourth-order valence-corrected chi connectivity index (χ4v) is 4.73. The monoisotopic (exact) mass is 467 g/mol. The van der Waals surface area contributed by atoms with Crippen LogP contribution in [0.2, 0.25) is 0 Å². The molecule has 176 valence electrons. The van der Waals surface area contributed by atoms with Crippen molar-refractivity contribution in [1.29, 1.82) is 0 Å². The van der Waals surface area contributed by atoms with Crippen molar-refractivity contribution >= 4 is 40.0 Å². The van der Waals surface area contributed by atoms with Gasteiger partial charge in [0.15, 0.2) is 0 Å². The predicted octanol–water partition coefficient (Wildman–Crippen LogP) is 2.98. The molecule has 0 fully saturated rings. The summed E-state index contributed by atoms with van der Waals surface area (Å²) >= 11 is 0. The average molecular weight is 468 g/mol. The first-order chi connectivity index (χ1) is 16.9. The third-order valence-electron chi connectivity index (χ3n) is 6.33. The van der Waals surface area contributed by atoms with Gasteiger partial charge >= 0.3 is 0 Å². The quantitative estimate of drug-likeness (QED) is 0.419. The van der Waals surface area contributed by atoms with Crippen LogP contribution < -0.4 is 20.9 Å². The van der Waals surface area contributed by atoms with Crippen LogP contribution in [0.4, 0.5) is 11.4 Å². The smallest absolute Gasteiger partial charge is 0.268 e. The summed E-state index contributed by atoms with van der Waals surface area (Å²) in [4.78, 5) is 45.8. The van der Waals surface area contributed by atoms with Crippen LogP contribution in [-0.2, 0) is 9.59 Å². The van der Waals surface area contributed by atoms with E-state index < -0.39 is 29.8 Å². The Hall–Kier alpha value is -4.59. The number of benzene rings is 3. The third kappa shape index (κ3) is 4.10. The first kappa shape index (κ1) is 22.2. The fourth-order valence-electron chi connectivity index (χ4n) is 4.73. The first-order valence-corrected chi connectivity index (χ1v) is 11.3. The number of anilines is 2. The maximum atomic E-state index is 14.0. The van der Waals surface area contributed by atoms with E-state index in [2.05, 4.69) is 10.3 Å². The normalized spacial score (nSPS) is 17.7. The molecule has 0 spiro atoms. The van der Waals surface area contributed by atoms with Crippen molar-refractivity contribution in [3.8, 4) is 0 Å². The van der Waals surface area contributed by atoms with Gasteiger partial charge in [-0.05, 0) is 29.8 Å². The van der Waals surface area contributed by atoms with Gasteiger partial charge in [0, 0.05) is 18.0 Å². The van der Waals surface area contributed by atoms with Crippen molar-refractivity contribution in [1.82, 2.24) is 10.3 Å². The fraction of sp³-hybridized carbons (Fsp3) is 0.148. The molecule has 35 heavy (non-hydrogen) atoms. The second-order valence-electron chi connectivity index (χ2n) is 8.57. The summed E-state index contributed by atoms with van der Waals surface area (Å²) in [5, 5.41) is 3.84. The summed E-state index contributed by atoms with van der Waals surface area (Å²) in [6.07, 6.45) is 0. The Morgan fingerprint density at radius 3 is 2.31 bits per heavy atom. The molecular weight excluding hydrogens is 442 g/mol. The summed E-state index contributed by atoms with van der Waals surface area (Å²) in [6.45, 7) is -0.302. The van der Waals surface area contributed by atoms with Crippen LogP contribution in [0.15, 0.2) is 84.9 Å². The van der Waals surface area contributed by atoms with E-state index in [0.717, 1.165) is 22.2 Å². The molecule has 0 bridgehead atoms. The maximum absolute atomic E-state index is 14.0. The van der Waals surface area contributed by atoms with Gasteiger partial charge in [-0.1, -0.05) is 60.7 Å². The highest BCUT2D eigenvalue weighted by atomic mass is 16.2. The Kier molecular flexibility index (Phi) is 5.70. The number of carbonyl (C=O) groups excluding carboxylic acids is 3. The SMILES string of the molecule is CN1c2ccccc2N(CC(N)=O)C(=O)[C@@H](NC(=O)c2cc3ccccc3[nH]2)[C@H]1c1ccccc1. The topological polar surface area (TPSA) is 112 Å². The number of para-hydroxylation sites is 3. The van der Waals surface area contributed by atoms with Crippen molar-refractivity contribution in [3.63, 3.8) is 0 Å². The van der Waals surface area contributed by atoms with Gasteiger partial charge in [0.25, 0.3) is 11.8 Å². The number of nitrogens with one attached hydrogen (secondary N) is 2. The van der Waals surface area contributed by atoms with Gasteiger partial charge in [-0.3, -0.25) is 19.3 Å². The van der Waals surface area contributed by atoms with Gasteiger partial charge in [0.2, 0.25) is 5.91 Å². The van der Waals surface area contributed by atoms with E-state index in [4.69, 9.17) is 5.73 Å². The number of rotatable bonds is 5. The van der Waals surface area contributed by atoms with Gasteiger partial charge in [0.05, 0.1) is 17.4 Å². The van der Waals surface area contributed by atoms with E-state index in [1.54, 1.807) is 18.2 Å². The zero-order valence-electron chi connectivity index (χ0n) is 19.1. The molecular formula is C27H25N5O3. The van der Waals surface area contributed by atoms with Crippen molar-refractivity contribution in [2.24, 2.45) is 5.73 Å². The number of carbonyl (C=O) groups is 3. The second kappa shape index (κ2) is 8.98. The predicted molar refractivity (Wildman–Crippen MR) is 135 cm³/mol. The molecule has 0 saturated heterocycles. The lowest BCUT2D eigenvalue weighted by molar-refractivity contribution is -0.123. The highest BCUT2D eigenvalue weighted by Crippen LogP contribution is 2.39. The van der Waals surface area contributed by atoms with Crippen molar-refractivity contribution in [2.75, 3.05) is 23.4 Å². The van der Waals surface area contributed by atoms with Crippen molar-refractivity contribution in [3.05, 3.63) is 96.2 Å². The van der Waals surface area contributed by atoms with E-state index >= 15 is 0 Å². The summed E-state index contributed by atoms with van der Waals surface area (Å²) in [5.74, 6) is -1.48. The van der Waals surface area contributed by atoms with Crippen LogP contribution in [0.3, 0.4) is 0 Å². The minimum absolute atomic E-state index is 0.302. The number of amides is 3. The van der Waals surface area contributed by atoms with Crippen molar-refractivity contribution in [2.45, 2.75) is 12.1 Å². The molecule has 3 amide bonds. The van der Waals surface area contributed by atoms with Gasteiger partial charge in [0.1, 0.15) is 18.3 Å². The number of aromatic nitrogens is 1. The summed E-state index contributed by atoms with van der Waals surface area (Å²) in [5.41, 5.74) is 8.84. The molecule has 1 aromatic heterocycles. The molecule has 4 aromatic rings. The molecule has 2 atom stereocenters. The van der Waals surface area contributed by atoms with Crippen LogP contribution in [0.5, 0.6) is 0 Å². The van der Waals surface area contributed by atoms with E-state index in [0.29, 0.717) is 11.4 Å². The third-order valence-corrected chi connectivity index (χ3v) is 6.33. The van der Waals surface area contributed by atoms with E-state index in [1.165, 1.54) is 4.90 Å². The summed E-state index contributed by atoms with van der Waals surface area (Å²) in [6, 6.07) is 24.6. The van der Waals surface area contributed by atoms with Crippen LogP contribution in [-0.4, -0.2) is 42.3 Å². The van der Waals surface area contributed by atoms with Gasteiger partial charge in [-0.2, -0.15) is 0 Å².